The van der Waals surface area contributed by atoms with Gasteiger partial charge in [0.2, 0.25) is 0 Å². The first kappa shape index (κ1) is 10.1. The lowest BCUT2D eigenvalue weighted by molar-refractivity contribution is -0.151. The van der Waals surface area contributed by atoms with Gasteiger partial charge in [0.1, 0.15) is 0 Å². The second-order valence-corrected chi connectivity index (χ2v) is 2.82. The van der Waals surface area contributed by atoms with Crippen LogP contribution >= 0.6 is 0 Å². The van der Waals surface area contributed by atoms with E-state index in [0.717, 1.165) is 0 Å². The number of hydrogen-bond donors (Lipinski definition) is 0. The molecule has 13 heavy (non-hydrogen) atoms. The maximum atomic E-state index is 12.4. The first-order valence-corrected chi connectivity index (χ1v) is 4.09. The van der Waals surface area contributed by atoms with Gasteiger partial charge >= 0.3 is 6.18 Å². The summed E-state index contributed by atoms with van der Waals surface area (Å²) < 4.78 is 37.2. The number of benzene rings is 1. The standard InChI is InChI=1S/C10H10F3/c1-2-9(10(11,12)13)8-6-4-3-5-7-8/h3-6,9H,2H2,1H3. The molecule has 1 unspecified atom stereocenters. The normalized spacial score (nSPS) is 14.2. The fraction of sp³-hybridized carbons (Fsp3) is 0.400. The van der Waals surface area contributed by atoms with Crippen LogP contribution in [0.1, 0.15) is 24.8 Å². The Balaban J connectivity index is 2.92. The quantitative estimate of drug-likeness (QED) is 0.664. The predicted octanol–water partition coefficient (Wildman–Crippen LogP) is 3.54. The zero-order valence-electron chi connectivity index (χ0n) is 7.23. The zero-order chi connectivity index (χ0) is 9.90. The summed E-state index contributed by atoms with van der Waals surface area (Å²) in [5, 5.41) is 0. The Morgan fingerprint density at radius 1 is 1.38 bits per heavy atom. The Kier molecular flexibility index (Phi) is 2.96. The van der Waals surface area contributed by atoms with Gasteiger partial charge in [0.25, 0.3) is 0 Å². The van der Waals surface area contributed by atoms with Crippen LogP contribution in [0.15, 0.2) is 24.3 Å². The minimum Gasteiger partial charge on any atom is -0.170 e. The first-order valence-electron chi connectivity index (χ1n) is 4.09. The van der Waals surface area contributed by atoms with E-state index in [4.69, 9.17) is 0 Å². The molecule has 0 N–H and O–H groups in total. The zero-order valence-corrected chi connectivity index (χ0v) is 7.23. The fourth-order valence-corrected chi connectivity index (χ4v) is 1.25. The maximum absolute atomic E-state index is 12.4. The van der Waals surface area contributed by atoms with Crippen molar-refractivity contribution in [3.63, 3.8) is 0 Å². The van der Waals surface area contributed by atoms with E-state index in [0.29, 0.717) is 0 Å². The van der Waals surface area contributed by atoms with Gasteiger partial charge in [-0.2, -0.15) is 13.2 Å². The molecule has 0 aliphatic carbocycles. The molecular formula is C10H10F3. The van der Waals surface area contributed by atoms with Gasteiger partial charge in [-0.05, 0) is 18.1 Å². The average Bonchev–Trinajstić information content (AvgIpc) is 2.05. The van der Waals surface area contributed by atoms with Crippen molar-refractivity contribution in [2.45, 2.75) is 25.4 Å². The molecule has 1 aromatic carbocycles. The van der Waals surface area contributed by atoms with E-state index in [9.17, 15) is 13.2 Å². The molecule has 0 aliphatic rings. The summed E-state index contributed by atoms with van der Waals surface area (Å²) in [4.78, 5) is 0. The molecule has 0 bridgehead atoms. The van der Waals surface area contributed by atoms with Crippen LogP contribution < -0.4 is 0 Å². The van der Waals surface area contributed by atoms with Gasteiger partial charge in [-0.25, -0.2) is 0 Å². The molecule has 0 heterocycles. The van der Waals surface area contributed by atoms with Gasteiger partial charge in [-0.3, -0.25) is 0 Å². The number of hydrogen-bond acceptors (Lipinski definition) is 0. The number of rotatable bonds is 2. The van der Waals surface area contributed by atoms with Gasteiger partial charge in [0.15, 0.2) is 0 Å². The number of halogens is 3. The van der Waals surface area contributed by atoms with E-state index in [1.807, 2.05) is 0 Å². The molecule has 0 saturated carbocycles. The van der Waals surface area contributed by atoms with Crippen molar-refractivity contribution in [3.8, 4) is 0 Å². The third-order valence-corrected chi connectivity index (χ3v) is 1.91. The second kappa shape index (κ2) is 3.81. The first-order chi connectivity index (χ1) is 6.05. The third-order valence-electron chi connectivity index (χ3n) is 1.91. The molecule has 71 valence electrons. The molecule has 1 aromatic rings. The topological polar surface area (TPSA) is 0 Å². The van der Waals surface area contributed by atoms with Crippen molar-refractivity contribution in [1.82, 2.24) is 0 Å². The van der Waals surface area contributed by atoms with Gasteiger partial charge in [-0.15, -0.1) is 0 Å². The van der Waals surface area contributed by atoms with Gasteiger partial charge in [0.05, 0.1) is 5.92 Å². The van der Waals surface area contributed by atoms with Crippen molar-refractivity contribution < 1.29 is 13.2 Å². The van der Waals surface area contributed by atoms with Crippen molar-refractivity contribution in [3.05, 3.63) is 35.9 Å². The van der Waals surface area contributed by atoms with Crippen LogP contribution in [0, 0.1) is 6.07 Å². The summed E-state index contributed by atoms with van der Waals surface area (Å²) in [5.41, 5.74) is 0.220. The molecular weight excluding hydrogens is 177 g/mol. The number of alkyl halides is 3. The van der Waals surface area contributed by atoms with E-state index < -0.39 is 12.1 Å². The largest absolute Gasteiger partial charge is 0.395 e. The monoisotopic (exact) mass is 187 g/mol. The third kappa shape index (κ3) is 2.47. The lowest BCUT2D eigenvalue weighted by Gasteiger charge is -2.18. The summed E-state index contributed by atoms with van der Waals surface area (Å²) >= 11 is 0. The molecule has 1 rings (SSSR count). The van der Waals surface area contributed by atoms with Crippen LogP contribution in [-0.4, -0.2) is 6.18 Å². The second-order valence-electron chi connectivity index (χ2n) is 2.82. The van der Waals surface area contributed by atoms with Crippen LogP contribution in [0.2, 0.25) is 0 Å². The van der Waals surface area contributed by atoms with Crippen molar-refractivity contribution in [2.24, 2.45) is 0 Å². The smallest absolute Gasteiger partial charge is 0.170 e. The molecule has 0 aliphatic heterocycles. The molecule has 0 saturated heterocycles. The van der Waals surface area contributed by atoms with E-state index in [2.05, 4.69) is 6.07 Å². The predicted molar refractivity (Wildman–Crippen MR) is 44.4 cm³/mol. The van der Waals surface area contributed by atoms with Crippen LogP contribution in [-0.2, 0) is 0 Å². The molecule has 1 atom stereocenters. The molecule has 3 heteroatoms. The molecule has 1 radical (unpaired) electrons. The van der Waals surface area contributed by atoms with E-state index in [1.165, 1.54) is 19.1 Å². The Labute approximate surface area is 75.4 Å². The maximum Gasteiger partial charge on any atom is 0.395 e. The van der Waals surface area contributed by atoms with Gasteiger partial charge in [0, 0.05) is 0 Å². The van der Waals surface area contributed by atoms with Crippen molar-refractivity contribution >= 4 is 0 Å². The Morgan fingerprint density at radius 3 is 2.46 bits per heavy atom. The Hall–Kier alpha value is -0.990. The molecule has 0 spiro atoms. The highest BCUT2D eigenvalue weighted by atomic mass is 19.4. The molecule has 0 nitrogen and oxygen atoms in total. The average molecular weight is 187 g/mol. The summed E-state index contributed by atoms with van der Waals surface area (Å²) in [6.07, 6.45) is -4.10. The summed E-state index contributed by atoms with van der Waals surface area (Å²) in [6, 6.07) is 8.83. The van der Waals surface area contributed by atoms with E-state index in [-0.39, 0.29) is 12.0 Å². The molecule has 0 aromatic heterocycles. The van der Waals surface area contributed by atoms with Crippen LogP contribution in [0.25, 0.3) is 0 Å². The van der Waals surface area contributed by atoms with Crippen LogP contribution in [0.4, 0.5) is 13.2 Å². The minimum atomic E-state index is -4.16. The SMILES string of the molecule is CCC(c1[c]cccc1)C(F)(F)F. The van der Waals surface area contributed by atoms with Crippen LogP contribution in [0.5, 0.6) is 0 Å². The van der Waals surface area contributed by atoms with E-state index >= 15 is 0 Å². The van der Waals surface area contributed by atoms with Gasteiger partial charge in [-0.1, -0.05) is 31.2 Å². The Bertz CT molecular complexity index is 251. The highest BCUT2D eigenvalue weighted by molar-refractivity contribution is 5.19. The Morgan fingerprint density at radius 2 is 2.08 bits per heavy atom. The van der Waals surface area contributed by atoms with Gasteiger partial charge < -0.3 is 0 Å². The van der Waals surface area contributed by atoms with Crippen molar-refractivity contribution in [1.29, 1.82) is 0 Å². The molecule has 0 fully saturated rings. The summed E-state index contributed by atoms with van der Waals surface area (Å²) in [5.74, 6) is -1.38. The minimum absolute atomic E-state index is 0.0595. The highest BCUT2D eigenvalue weighted by Gasteiger charge is 2.39. The fourth-order valence-electron chi connectivity index (χ4n) is 1.25. The van der Waals surface area contributed by atoms with Crippen molar-refractivity contribution in [2.75, 3.05) is 0 Å². The van der Waals surface area contributed by atoms with E-state index in [1.54, 1.807) is 12.1 Å². The summed E-state index contributed by atoms with van der Waals surface area (Å²) in [7, 11) is 0. The highest BCUT2D eigenvalue weighted by Crippen LogP contribution is 2.36. The lowest BCUT2D eigenvalue weighted by atomic mass is 9.96. The molecule has 0 amide bonds. The lowest BCUT2D eigenvalue weighted by Crippen LogP contribution is -2.19. The van der Waals surface area contributed by atoms with Crippen LogP contribution in [0.3, 0.4) is 0 Å². The summed E-state index contributed by atoms with van der Waals surface area (Å²) in [6.45, 7) is 1.53.